The number of ether oxygens (including phenoxy) is 1. The number of carbonyl (C=O) groups excluding carboxylic acids is 1. The Labute approximate surface area is 178 Å². The van der Waals surface area contributed by atoms with Crippen molar-refractivity contribution in [1.29, 1.82) is 0 Å². The number of non-ortho nitro benzene ring substituents is 1. The van der Waals surface area contributed by atoms with Crippen LogP contribution < -0.4 is 10.1 Å². The number of hydrogen-bond donors (Lipinski definition) is 1. The number of nitrogens with zero attached hydrogens (tertiary/aromatic N) is 6. The van der Waals surface area contributed by atoms with Gasteiger partial charge in [-0.15, -0.1) is 0 Å². The molecule has 1 saturated heterocycles. The van der Waals surface area contributed by atoms with E-state index >= 15 is 0 Å². The minimum absolute atomic E-state index is 0.00782. The highest BCUT2D eigenvalue weighted by Gasteiger charge is 2.22. The third-order valence-electron chi connectivity index (χ3n) is 4.71. The molecule has 0 bridgehead atoms. The maximum atomic E-state index is 14.0. The fourth-order valence-corrected chi connectivity index (χ4v) is 2.95. The van der Waals surface area contributed by atoms with Gasteiger partial charge in [-0.05, 0) is 20.2 Å². The fourth-order valence-electron chi connectivity index (χ4n) is 2.95. The lowest BCUT2D eigenvalue weighted by Gasteiger charge is -2.34. The second kappa shape index (κ2) is 10.1. The number of benzene rings is 1. The summed E-state index contributed by atoms with van der Waals surface area (Å²) in [4.78, 5) is 36.7. The molecule has 12 heteroatoms. The molecule has 0 saturated carbocycles. The lowest BCUT2D eigenvalue weighted by Crippen LogP contribution is -2.51. The molecule has 1 N–H and O–H groups in total. The Morgan fingerprint density at radius 3 is 2.68 bits per heavy atom. The van der Waals surface area contributed by atoms with Gasteiger partial charge in [-0.2, -0.15) is 4.98 Å². The van der Waals surface area contributed by atoms with E-state index in [1.54, 1.807) is 4.90 Å². The molecular weight excluding hydrogens is 409 g/mol. The van der Waals surface area contributed by atoms with Crippen LogP contribution in [0.5, 0.6) is 11.6 Å². The Morgan fingerprint density at radius 2 is 2.03 bits per heavy atom. The van der Waals surface area contributed by atoms with Crippen LogP contribution in [0.25, 0.3) is 0 Å². The minimum atomic E-state index is -0.898. The predicted octanol–water partition coefficient (Wildman–Crippen LogP) is 2.03. The Morgan fingerprint density at radius 1 is 1.29 bits per heavy atom. The molecule has 2 amide bonds. The minimum Gasteiger partial charge on any atom is -0.436 e. The first-order valence-corrected chi connectivity index (χ1v) is 9.69. The van der Waals surface area contributed by atoms with Gasteiger partial charge in [0, 0.05) is 57.6 Å². The zero-order chi connectivity index (χ0) is 22.4. The van der Waals surface area contributed by atoms with E-state index in [-0.39, 0.29) is 29.3 Å². The standard InChI is InChI=1S/C19H24FN7O4/c1-24(2)7-8-25-9-11-26(12-10-25)19(28)23-18-21-6-5-17(22-18)31-16-4-3-14(27(29)30)13-15(16)20/h3-6,13H,7-12H2,1-2H3,(H,21,22,23,28). The van der Waals surface area contributed by atoms with Gasteiger partial charge in [0.1, 0.15) is 0 Å². The summed E-state index contributed by atoms with van der Waals surface area (Å²) in [5, 5.41) is 13.3. The summed E-state index contributed by atoms with van der Waals surface area (Å²) in [6.45, 7) is 4.65. The van der Waals surface area contributed by atoms with Crippen LogP contribution in [0.4, 0.5) is 20.8 Å². The molecule has 1 aliphatic heterocycles. The Hall–Kier alpha value is -3.38. The van der Waals surface area contributed by atoms with Crippen molar-refractivity contribution in [2.75, 3.05) is 58.7 Å². The number of anilines is 1. The van der Waals surface area contributed by atoms with Crippen LogP contribution in [0.15, 0.2) is 30.5 Å². The molecule has 11 nitrogen and oxygen atoms in total. The quantitative estimate of drug-likeness (QED) is 0.521. The number of amides is 2. The molecule has 0 spiro atoms. The average Bonchev–Trinajstić information content (AvgIpc) is 2.74. The fraction of sp³-hybridized carbons (Fsp3) is 0.421. The third kappa shape index (κ3) is 6.30. The van der Waals surface area contributed by atoms with Crippen LogP contribution in [0.2, 0.25) is 0 Å². The third-order valence-corrected chi connectivity index (χ3v) is 4.71. The number of nitro groups is 1. The lowest BCUT2D eigenvalue weighted by atomic mass is 10.3. The molecule has 2 aromatic rings. The summed E-state index contributed by atoms with van der Waals surface area (Å²) in [7, 11) is 4.05. The summed E-state index contributed by atoms with van der Waals surface area (Å²) in [6.07, 6.45) is 1.36. The van der Waals surface area contributed by atoms with E-state index in [0.717, 1.165) is 44.4 Å². The second-order valence-electron chi connectivity index (χ2n) is 7.25. The normalized spacial score (nSPS) is 14.5. The smallest absolute Gasteiger partial charge is 0.324 e. The maximum Gasteiger partial charge on any atom is 0.324 e. The number of hydrogen-bond acceptors (Lipinski definition) is 8. The van der Waals surface area contributed by atoms with E-state index in [9.17, 15) is 19.3 Å². The first kappa shape index (κ1) is 22.3. The van der Waals surface area contributed by atoms with Crippen LogP contribution in [-0.2, 0) is 0 Å². The molecule has 31 heavy (non-hydrogen) atoms. The largest absolute Gasteiger partial charge is 0.436 e. The van der Waals surface area contributed by atoms with E-state index in [1.165, 1.54) is 12.3 Å². The highest BCUT2D eigenvalue weighted by molar-refractivity contribution is 5.87. The van der Waals surface area contributed by atoms with Gasteiger partial charge in [-0.25, -0.2) is 14.2 Å². The van der Waals surface area contributed by atoms with Crippen LogP contribution in [0.1, 0.15) is 0 Å². The van der Waals surface area contributed by atoms with Gasteiger partial charge < -0.3 is 14.5 Å². The van der Waals surface area contributed by atoms with Gasteiger partial charge in [-0.1, -0.05) is 0 Å². The summed E-state index contributed by atoms with van der Waals surface area (Å²) in [6, 6.07) is 4.09. The van der Waals surface area contributed by atoms with Crippen molar-refractivity contribution in [2.24, 2.45) is 0 Å². The first-order chi connectivity index (χ1) is 14.8. The van der Waals surface area contributed by atoms with Crippen LogP contribution >= 0.6 is 0 Å². The molecule has 0 radical (unpaired) electrons. The number of aromatic nitrogens is 2. The number of nitrogens with one attached hydrogen (secondary N) is 1. The Kier molecular flexibility index (Phi) is 7.26. The van der Waals surface area contributed by atoms with E-state index < -0.39 is 10.7 Å². The molecule has 0 atom stereocenters. The van der Waals surface area contributed by atoms with Crippen molar-refractivity contribution in [1.82, 2.24) is 24.7 Å². The molecule has 1 aromatic heterocycles. The molecule has 166 valence electrons. The second-order valence-corrected chi connectivity index (χ2v) is 7.25. The summed E-state index contributed by atoms with van der Waals surface area (Å²) >= 11 is 0. The molecule has 3 rings (SSSR count). The van der Waals surface area contributed by atoms with Crippen molar-refractivity contribution in [3.05, 3.63) is 46.4 Å². The van der Waals surface area contributed by atoms with E-state index in [2.05, 4.69) is 25.1 Å². The molecule has 0 aliphatic carbocycles. The molecule has 2 heterocycles. The highest BCUT2D eigenvalue weighted by atomic mass is 19.1. The van der Waals surface area contributed by atoms with Gasteiger partial charge in [0.25, 0.3) is 5.69 Å². The number of carbonyl (C=O) groups is 1. The molecule has 1 aliphatic rings. The number of halogens is 1. The molecule has 0 unspecified atom stereocenters. The van der Waals surface area contributed by atoms with E-state index in [4.69, 9.17) is 4.74 Å². The van der Waals surface area contributed by atoms with Crippen LogP contribution in [0, 0.1) is 15.9 Å². The zero-order valence-corrected chi connectivity index (χ0v) is 17.3. The molecule has 1 aromatic carbocycles. The molecular formula is C19H24FN7O4. The van der Waals surface area contributed by atoms with Crippen molar-refractivity contribution in [3.8, 4) is 11.6 Å². The summed E-state index contributed by atoms with van der Waals surface area (Å²) < 4.78 is 19.4. The van der Waals surface area contributed by atoms with E-state index in [1.807, 2.05) is 14.1 Å². The predicted molar refractivity (Wildman–Crippen MR) is 111 cm³/mol. The summed E-state index contributed by atoms with van der Waals surface area (Å²) in [5.41, 5.74) is -0.387. The highest BCUT2D eigenvalue weighted by Crippen LogP contribution is 2.26. The van der Waals surface area contributed by atoms with Gasteiger partial charge >= 0.3 is 6.03 Å². The monoisotopic (exact) mass is 433 g/mol. The van der Waals surface area contributed by atoms with Crippen LogP contribution in [0.3, 0.4) is 0 Å². The first-order valence-electron chi connectivity index (χ1n) is 9.69. The summed E-state index contributed by atoms with van der Waals surface area (Å²) in [5.74, 6) is -1.12. The van der Waals surface area contributed by atoms with Crippen molar-refractivity contribution in [2.45, 2.75) is 0 Å². The zero-order valence-electron chi connectivity index (χ0n) is 17.3. The van der Waals surface area contributed by atoms with Gasteiger partial charge in [0.2, 0.25) is 11.8 Å². The number of nitro benzene ring substituents is 1. The number of piperazine rings is 1. The number of urea groups is 1. The van der Waals surface area contributed by atoms with Gasteiger partial charge in [-0.3, -0.25) is 20.3 Å². The van der Waals surface area contributed by atoms with E-state index in [0.29, 0.717) is 13.1 Å². The van der Waals surface area contributed by atoms with Crippen molar-refractivity contribution < 1.29 is 18.8 Å². The van der Waals surface area contributed by atoms with Crippen LogP contribution in [-0.4, -0.2) is 89.0 Å². The Bertz CT molecular complexity index is 935. The van der Waals surface area contributed by atoms with Gasteiger partial charge in [0.05, 0.1) is 11.0 Å². The average molecular weight is 433 g/mol. The van der Waals surface area contributed by atoms with Gasteiger partial charge in [0.15, 0.2) is 11.6 Å². The lowest BCUT2D eigenvalue weighted by molar-refractivity contribution is -0.385. The molecule has 1 fully saturated rings. The topological polar surface area (TPSA) is 117 Å². The Balaban J connectivity index is 1.56. The van der Waals surface area contributed by atoms with Crippen molar-refractivity contribution in [3.63, 3.8) is 0 Å². The SMILES string of the molecule is CN(C)CCN1CCN(C(=O)Nc2nccc(Oc3ccc([N+](=O)[O-])cc3F)n2)CC1. The maximum absolute atomic E-state index is 14.0. The number of likely N-dealkylation sites (N-methyl/N-ethyl adjacent to an activating group) is 1. The number of rotatable bonds is 7. The van der Waals surface area contributed by atoms with Crippen molar-refractivity contribution >= 4 is 17.7 Å².